The summed E-state index contributed by atoms with van der Waals surface area (Å²) < 4.78 is 11.3. The van der Waals surface area contributed by atoms with Gasteiger partial charge in [-0.05, 0) is 42.5 Å². The number of rotatable bonds is 8. The number of nitrogens with zero attached hydrogens (tertiary/aromatic N) is 1. The van der Waals surface area contributed by atoms with Gasteiger partial charge in [-0.1, -0.05) is 32.0 Å². The molecule has 5 atom stereocenters. The number of aliphatic hydroxyl groups excluding tert-OH is 4. The first-order valence-electron chi connectivity index (χ1n) is 10.6. The number of benzene rings is 1. The second-order valence-electron chi connectivity index (χ2n) is 8.37. The molecule has 1 aliphatic heterocycles. The number of H-pyrrole nitrogens is 1. The molecule has 1 fully saturated rings. The molecular formula is C22H33N3O6. The van der Waals surface area contributed by atoms with Gasteiger partial charge in [-0.2, -0.15) is 0 Å². The number of nitrogens with two attached hydrogens (primary N) is 1. The van der Waals surface area contributed by atoms with Crippen molar-refractivity contribution < 1.29 is 29.9 Å². The molecule has 9 nitrogen and oxygen atoms in total. The third kappa shape index (κ3) is 5.08. The summed E-state index contributed by atoms with van der Waals surface area (Å²) in [7, 11) is 0. The molecule has 0 amide bonds. The van der Waals surface area contributed by atoms with Crippen LogP contribution in [0.4, 0.5) is 0 Å². The maximum Gasteiger partial charge on any atom is 0.238 e. The minimum Gasteiger partial charge on any atom is -0.443 e. The fourth-order valence-corrected chi connectivity index (χ4v) is 3.85. The van der Waals surface area contributed by atoms with Crippen LogP contribution in [-0.4, -0.2) is 74.5 Å². The molecule has 9 heteroatoms. The first-order valence-corrected chi connectivity index (χ1v) is 10.6. The molecule has 2 heterocycles. The summed E-state index contributed by atoms with van der Waals surface area (Å²) in [5, 5.41) is 47.0. The zero-order valence-electron chi connectivity index (χ0n) is 18.2. The van der Waals surface area contributed by atoms with Gasteiger partial charge < -0.3 is 35.6 Å². The number of aryl methyl sites for hydroxylation is 1. The lowest BCUT2D eigenvalue weighted by molar-refractivity contribution is -0.278. The Hall–Kier alpha value is -2.01. The average Bonchev–Trinajstić information content (AvgIpc) is 3.13. The van der Waals surface area contributed by atoms with Gasteiger partial charge in [0.15, 0.2) is 0 Å². The summed E-state index contributed by atoms with van der Waals surface area (Å²) in [4.78, 5) is 0. The van der Waals surface area contributed by atoms with Gasteiger partial charge in [0.25, 0.3) is 0 Å². The number of hydrogen-bond donors (Lipinski definition) is 6. The molecule has 1 saturated heterocycles. The standard InChI is InChI=1S/C22H33N3O6/c1-11(2)17-15(9-14-5-4-13(6-7-23)8-12(14)3)21(25-24-17)31-22-20(29)19(28)18(27)16(10-26)30-22/h4-5,8,11,16,18-20,22,26-29H,6-7,9-10,23H2,1-3H3,(H,24,25)/t16-,18-,19+,20-,22+/m1/s1. The molecular weight excluding hydrogens is 402 g/mol. The lowest BCUT2D eigenvalue weighted by Gasteiger charge is -2.39. The van der Waals surface area contributed by atoms with E-state index in [1.807, 2.05) is 20.8 Å². The van der Waals surface area contributed by atoms with E-state index in [2.05, 4.69) is 28.4 Å². The van der Waals surface area contributed by atoms with Gasteiger partial charge in [0.05, 0.1) is 6.61 Å². The predicted octanol–water partition coefficient (Wildman–Crippen LogP) is 0.112. The van der Waals surface area contributed by atoms with E-state index in [1.54, 1.807) is 0 Å². The Balaban J connectivity index is 1.88. The lowest BCUT2D eigenvalue weighted by atomic mass is 9.95. The Morgan fingerprint density at radius 2 is 1.94 bits per heavy atom. The highest BCUT2D eigenvalue weighted by Gasteiger charge is 2.45. The molecule has 31 heavy (non-hydrogen) atoms. The highest BCUT2D eigenvalue weighted by Crippen LogP contribution is 2.31. The van der Waals surface area contributed by atoms with E-state index < -0.39 is 37.3 Å². The maximum absolute atomic E-state index is 10.3. The van der Waals surface area contributed by atoms with Crippen molar-refractivity contribution in [3.05, 3.63) is 46.1 Å². The fourth-order valence-electron chi connectivity index (χ4n) is 3.85. The third-order valence-corrected chi connectivity index (χ3v) is 5.72. The van der Waals surface area contributed by atoms with Crippen molar-refractivity contribution in [3.63, 3.8) is 0 Å². The molecule has 0 spiro atoms. The summed E-state index contributed by atoms with van der Waals surface area (Å²) >= 11 is 0. The monoisotopic (exact) mass is 435 g/mol. The van der Waals surface area contributed by atoms with Crippen molar-refractivity contribution in [2.75, 3.05) is 13.2 Å². The lowest BCUT2D eigenvalue weighted by Crippen LogP contribution is -2.60. The molecule has 1 aliphatic rings. The number of aromatic amines is 1. The Morgan fingerprint density at radius 3 is 2.55 bits per heavy atom. The zero-order chi connectivity index (χ0) is 22.7. The van der Waals surface area contributed by atoms with Crippen LogP contribution in [0.1, 0.15) is 47.7 Å². The highest BCUT2D eigenvalue weighted by molar-refractivity contribution is 5.41. The number of nitrogens with one attached hydrogen (secondary N) is 1. The van der Waals surface area contributed by atoms with Crippen molar-refractivity contribution in [2.24, 2.45) is 5.73 Å². The molecule has 0 radical (unpaired) electrons. The molecule has 0 aliphatic carbocycles. The Labute approximate surface area is 181 Å². The van der Waals surface area contributed by atoms with Crippen LogP contribution < -0.4 is 10.5 Å². The van der Waals surface area contributed by atoms with Gasteiger partial charge in [0.1, 0.15) is 24.4 Å². The molecule has 172 valence electrons. The van der Waals surface area contributed by atoms with Crippen LogP contribution in [0.25, 0.3) is 0 Å². The minimum atomic E-state index is -1.51. The Morgan fingerprint density at radius 1 is 1.19 bits per heavy atom. The molecule has 0 unspecified atom stereocenters. The van der Waals surface area contributed by atoms with Crippen LogP contribution in [0.3, 0.4) is 0 Å². The van der Waals surface area contributed by atoms with E-state index in [9.17, 15) is 20.4 Å². The normalized spacial score (nSPS) is 26.4. The summed E-state index contributed by atoms with van der Waals surface area (Å²) in [6.07, 6.45) is -5.43. The van der Waals surface area contributed by atoms with Gasteiger partial charge in [-0.15, -0.1) is 5.10 Å². The number of aliphatic hydroxyl groups is 4. The number of hydrogen-bond acceptors (Lipinski definition) is 8. The van der Waals surface area contributed by atoms with Crippen LogP contribution in [0.15, 0.2) is 18.2 Å². The molecule has 1 aromatic carbocycles. The zero-order valence-corrected chi connectivity index (χ0v) is 18.2. The summed E-state index contributed by atoms with van der Waals surface area (Å²) in [5.41, 5.74) is 10.8. The minimum absolute atomic E-state index is 0.145. The topological polar surface area (TPSA) is 154 Å². The average molecular weight is 436 g/mol. The van der Waals surface area contributed by atoms with Gasteiger partial charge in [-0.25, -0.2) is 0 Å². The van der Waals surface area contributed by atoms with E-state index in [-0.39, 0.29) is 11.8 Å². The molecule has 0 saturated carbocycles. The van der Waals surface area contributed by atoms with Gasteiger partial charge >= 0.3 is 0 Å². The van der Waals surface area contributed by atoms with Crippen LogP contribution in [-0.2, 0) is 17.6 Å². The Kier molecular flexibility index (Phi) is 7.68. The summed E-state index contributed by atoms with van der Waals surface area (Å²) in [5.74, 6) is 0.393. The van der Waals surface area contributed by atoms with Crippen molar-refractivity contribution in [2.45, 2.75) is 70.2 Å². The first-order chi connectivity index (χ1) is 14.8. The maximum atomic E-state index is 10.3. The number of ether oxygens (including phenoxy) is 2. The molecule has 0 bridgehead atoms. The summed E-state index contributed by atoms with van der Waals surface area (Å²) in [6.45, 7) is 6.18. The molecule has 1 aromatic heterocycles. The van der Waals surface area contributed by atoms with Crippen LogP contribution in [0, 0.1) is 6.92 Å². The first kappa shape index (κ1) is 23.6. The molecule has 2 aromatic rings. The van der Waals surface area contributed by atoms with Gasteiger partial charge in [0.2, 0.25) is 12.2 Å². The van der Waals surface area contributed by atoms with Crippen molar-refractivity contribution in [1.29, 1.82) is 0 Å². The largest absolute Gasteiger partial charge is 0.443 e. The molecule has 7 N–H and O–H groups in total. The second kappa shape index (κ2) is 10.1. The fraction of sp³-hybridized carbons (Fsp3) is 0.591. The summed E-state index contributed by atoms with van der Waals surface area (Å²) in [6, 6.07) is 6.24. The second-order valence-corrected chi connectivity index (χ2v) is 8.37. The smallest absolute Gasteiger partial charge is 0.238 e. The van der Waals surface area contributed by atoms with Crippen LogP contribution in [0.2, 0.25) is 0 Å². The predicted molar refractivity (Wildman–Crippen MR) is 114 cm³/mol. The Bertz CT molecular complexity index is 869. The van der Waals surface area contributed by atoms with Crippen LogP contribution >= 0.6 is 0 Å². The van der Waals surface area contributed by atoms with Crippen molar-refractivity contribution in [1.82, 2.24) is 10.2 Å². The molecule has 3 rings (SSSR count). The van der Waals surface area contributed by atoms with E-state index >= 15 is 0 Å². The van der Waals surface area contributed by atoms with Gasteiger partial charge in [0, 0.05) is 17.7 Å². The van der Waals surface area contributed by atoms with Crippen molar-refractivity contribution in [3.8, 4) is 5.88 Å². The van der Waals surface area contributed by atoms with E-state index in [4.69, 9.17) is 15.2 Å². The number of aromatic nitrogens is 2. The van der Waals surface area contributed by atoms with Gasteiger partial charge in [-0.3, -0.25) is 5.10 Å². The van der Waals surface area contributed by atoms with E-state index in [0.29, 0.717) is 13.0 Å². The van der Waals surface area contributed by atoms with E-state index in [1.165, 1.54) is 5.56 Å². The van der Waals surface area contributed by atoms with Crippen LogP contribution in [0.5, 0.6) is 5.88 Å². The quantitative estimate of drug-likeness (QED) is 0.342. The van der Waals surface area contributed by atoms with E-state index in [0.717, 1.165) is 28.8 Å². The highest BCUT2D eigenvalue weighted by atomic mass is 16.7. The van der Waals surface area contributed by atoms with Crippen molar-refractivity contribution >= 4 is 0 Å². The SMILES string of the molecule is Cc1cc(CCN)ccc1Cc1c(O[C@@H]2O[C@H](CO)[C@@H](O)[C@H](O)[C@H]2O)n[nH]c1C(C)C. The third-order valence-electron chi connectivity index (χ3n) is 5.72.